The van der Waals surface area contributed by atoms with Crippen LogP contribution in [0.2, 0.25) is 0 Å². The summed E-state index contributed by atoms with van der Waals surface area (Å²) in [5.41, 5.74) is 1.51. The van der Waals surface area contributed by atoms with Crippen molar-refractivity contribution in [1.29, 1.82) is 0 Å². The molecule has 1 aliphatic heterocycles. The molecule has 0 aromatic carbocycles. The molecule has 1 fully saturated rings. The molecule has 0 radical (unpaired) electrons. The molecule has 0 aliphatic carbocycles. The highest BCUT2D eigenvalue weighted by atomic mass is 32.2. The van der Waals surface area contributed by atoms with Gasteiger partial charge >= 0.3 is 0 Å². The van der Waals surface area contributed by atoms with E-state index in [9.17, 15) is 0 Å². The number of nitrogens with one attached hydrogen (secondary N) is 1. The van der Waals surface area contributed by atoms with Crippen LogP contribution in [0.1, 0.15) is 27.1 Å². The molecule has 13 heavy (non-hydrogen) atoms. The van der Waals surface area contributed by atoms with Gasteiger partial charge in [0.1, 0.15) is 0 Å². The van der Waals surface area contributed by atoms with Crippen molar-refractivity contribution in [2.75, 3.05) is 12.3 Å². The lowest BCUT2D eigenvalue weighted by molar-refractivity contribution is 0.642. The van der Waals surface area contributed by atoms with E-state index in [0.29, 0.717) is 5.37 Å². The van der Waals surface area contributed by atoms with Gasteiger partial charge in [0, 0.05) is 9.75 Å². The van der Waals surface area contributed by atoms with Crippen molar-refractivity contribution in [2.24, 2.45) is 0 Å². The van der Waals surface area contributed by atoms with E-state index in [0.717, 1.165) is 0 Å². The van der Waals surface area contributed by atoms with Crippen molar-refractivity contribution in [3.05, 3.63) is 21.4 Å². The van der Waals surface area contributed by atoms with Crippen LogP contribution in [0.25, 0.3) is 0 Å². The van der Waals surface area contributed by atoms with Crippen LogP contribution in [-0.4, -0.2) is 12.3 Å². The van der Waals surface area contributed by atoms with Crippen LogP contribution >= 0.6 is 23.1 Å². The Morgan fingerprint density at radius 2 is 2.31 bits per heavy atom. The lowest BCUT2D eigenvalue weighted by Crippen LogP contribution is -2.25. The van der Waals surface area contributed by atoms with E-state index < -0.39 is 0 Å². The summed E-state index contributed by atoms with van der Waals surface area (Å²) in [7, 11) is 0. The van der Waals surface area contributed by atoms with Crippen molar-refractivity contribution < 1.29 is 0 Å². The largest absolute Gasteiger partial charge is 0.302 e. The minimum Gasteiger partial charge on any atom is -0.302 e. The van der Waals surface area contributed by atoms with Crippen LogP contribution in [0.5, 0.6) is 0 Å². The lowest BCUT2D eigenvalue weighted by atomic mass is 10.2. The third-order valence-corrected chi connectivity index (χ3v) is 4.56. The van der Waals surface area contributed by atoms with Gasteiger partial charge in [0.15, 0.2) is 0 Å². The smallest absolute Gasteiger partial charge is 0.0800 e. The molecule has 0 saturated carbocycles. The quantitative estimate of drug-likeness (QED) is 0.769. The van der Waals surface area contributed by atoms with Gasteiger partial charge < -0.3 is 5.32 Å². The van der Waals surface area contributed by atoms with Gasteiger partial charge in [0.2, 0.25) is 0 Å². The average Bonchev–Trinajstić information content (AvgIpc) is 2.47. The van der Waals surface area contributed by atoms with Crippen LogP contribution in [0.4, 0.5) is 0 Å². The van der Waals surface area contributed by atoms with Crippen molar-refractivity contribution >= 4 is 23.1 Å². The Labute approximate surface area is 87.9 Å². The Morgan fingerprint density at radius 3 is 2.85 bits per heavy atom. The van der Waals surface area contributed by atoms with Gasteiger partial charge in [0.25, 0.3) is 0 Å². The number of hydrogen-bond acceptors (Lipinski definition) is 3. The Morgan fingerprint density at radius 1 is 1.46 bits per heavy atom. The van der Waals surface area contributed by atoms with Crippen LogP contribution in [0.3, 0.4) is 0 Å². The molecule has 1 nitrogen and oxygen atoms in total. The summed E-state index contributed by atoms with van der Waals surface area (Å²) in [4.78, 5) is 2.91. The zero-order chi connectivity index (χ0) is 9.26. The maximum absolute atomic E-state index is 3.56. The first-order valence-electron chi connectivity index (χ1n) is 4.69. The van der Waals surface area contributed by atoms with Crippen LogP contribution < -0.4 is 5.32 Å². The van der Waals surface area contributed by atoms with Crippen LogP contribution in [-0.2, 0) is 0 Å². The summed E-state index contributed by atoms with van der Waals surface area (Å²) in [5, 5.41) is 4.11. The summed E-state index contributed by atoms with van der Waals surface area (Å²) in [6.07, 6.45) is 1.31. The van der Waals surface area contributed by atoms with Crippen molar-refractivity contribution in [1.82, 2.24) is 5.32 Å². The second-order valence-electron chi connectivity index (χ2n) is 3.43. The molecule has 3 heteroatoms. The van der Waals surface area contributed by atoms with Crippen molar-refractivity contribution in [2.45, 2.75) is 25.6 Å². The topological polar surface area (TPSA) is 12.0 Å². The molecule has 0 bridgehead atoms. The molecule has 0 amide bonds. The summed E-state index contributed by atoms with van der Waals surface area (Å²) < 4.78 is 0. The minimum atomic E-state index is 0.554. The number of thioether (sulfide) groups is 1. The minimum absolute atomic E-state index is 0.554. The predicted octanol–water partition coefficient (Wildman–Crippen LogP) is 3.09. The SMILES string of the molecule is Cc1cc(C2NCCCS2)c(C)s1. The van der Waals surface area contributed by atoms with E-state index in [4.69, 9.17) is 0 Å². The van der Waals surface area contributed by atoms with Crippen molar-refractivity contribution in [3.63, 3.8) is 0 Å². The summed E-state index contributed by atoms with van der Waals surface area (Å²) in [6.45, 7) is 5.59. The molecule has 1 unspecified atom stereocenters. The van der Waals surface area contributed by atoms with Gasteiger partial charge in [-0.05, 0) is 44.2 Å². The molecule has 1 N–H and O–H groups in total. The fraction of sp³-hybridized carbons (Fsp3) is 0.600. The van der Waals surface area contributed by atoms with Gasteiger partial charge in [-0.3, -0.25) is 0 Å². The number of hydrogen-bond donors (Lipinski definition) is 1. The average molecular weight is 213 g/mol. The maximum atomic E-state index is 3.56. The van der Waals surface area contributed by atoms with Gasteiger partial charge in [-0.15, -0.1) is 23.1 Å². The summed E-state index contributed by atoms with van der Waals surface area (Å²) >= 11 is 3.95. The highest BCUT2D eigenvalue weighted by molar-refractivity contribution is 7.99. The van der Waals surface area contributed by atoms with E-state index in [1.54, 1.807) is 0 Å². The van der Waals surface area contributed by atoms with E-state index in [1.165, 1.54) is 34.0 Å². The highest BCUT2D eigenvalue weighted by Crippen LogP contribution is 2.35. The molecular weight excluding hydrogens is 198 g/mol. The third-order valence-electron chi connectivity index (χ3n) is 2.30. The zero-order valence-electron chi connectivity index (χ0n) is 8.09. The molecule has 0 spiro atoms. The third kappa shape index (κ3) is 2.09. The molecule has 72 valence electrons. The highest BCUT2D eigenvalue weighted by Gasteiger charge is 2.18. The molecule has 2 heterocycles. The first-order valence-corrected chi connectivity index (χ1v) is 6.56. The van der Waals surface area contributed by atoms with Gasteiger partial charge in [-0.2, -0.15) is 0 Å². The van der Waals surface area contributed by atoms with Crippen LogP contribution in [0.15, 0.2) is 6.07 Å². The molecule has 1 atom stereocenters. The second kappa shape index (κ2) is 4.03. The molecular formula is C10H15NS2. The van der Waals surface area contributed by atoms with Gasteiger partial charge in [0.05, 0.1) is 5.37 Å². The molecule has 1 aromatic heterocycles. The molecule has 1 saturated heterocycles. The summed E-state index contributed by atoms with van der Waals surface area (Å²) in [6, 6.07) is 2.33. The summed E-state index contributed by atoms with van der Waals surface area (Å²) in [5.74, 6) is 1.30. The monoisotopic (exact) mass is 213 g/mol. The van der Waals surface area contributed by atoms with Gasteiger partial charge in [-0.1, -0.05) is 0 Å². The van der Waals surface area contributed by atoms with E-state index in [-0.39, 0.29) is 0 Å². The second-order valence-corrected chi connectivity index (χ2v) is 6.10. The van der Waals surface area contributed by atoms with Crippen molar-refractivity contribution in [3.8, 4) is 0 Å². The number of thiophene rings is 1. The Bertz CT molecular complexity index is 287. The first-order chi connectivity index (χ1) is 6.27. The first kappa shape index (κ1) is 9.56. The molecule has 1 aromatic rings. The molecule has 2 rings (SSSR count). The normalized spacial score (nSPS) is 23.4. The number of rotatable bonds is 1. The Hall–Kier alpha value is 0.01000. The maximum Gasteiger partial charge on any atom is 0.0800 e. The lowest BCUT2D eigenvalue weighted by Gasteiger charge is -2.23. The van der Waals surface area contributed by atoms with E-state index >= 15 is 0 Å². The van der Waals surface area contributed by atoms with E-state index in [1.807, 2.05) is 23.1 Å². The fourth-order valence-corrected chi connectivity index (χ4v) is 3.92. The fourth-order valence-electron chi connectivity index (χ4n) is 1.68. The standard InChI is InChI=1S/C10H15NS2/c1-7-6-9(8(2)13-7)10-11-4-3-5-12-10/h6,10-11H,3-5H2,1-2H3. The van der Waals surface area contributed by atoms with E-state index in [2.05, 4.69) is 25.2 Å². The molecule has 1 aliphatic rings. The predicted molar refractivity (Wildman–Crippen MR) is 61.6 cm³/mol. The van der Waals surface area contributed by atoms with Crippen LogP contribution in [0, 0.1) is 13.8 Å². The zero-order valence-corrected chi connectivity index (χ0v) is 9.73. The Balaban J connectivity index is 2.18. The Kier molecular flexibility index (Phi) is 2.96. The number of aryl methyl sites for hydroxylation is 2. The van der Waals surface area contributed by atoms with Gasteiger partial charge in [-0.25, -0.2) is 0 Å².